The summed E-state index contributed by atoms with van der Waals surface area (Å²) < 4.78 is 10.7. The normalized spacial score (nSPS) is 12.0. The van der Waals surface area contributed by atoms with Gasteiger partial charge in [0.15, 0.2) is 11.5 Å². The summed E-state index contributed by atoms with van der Waals surface area (Å²) in [5.41, 5.74) is 2.95. The Balaban J connectivity index is 1.30. The van der Waals surface area contributed by atoms with Crippen LogP contribution in [-0.2, 0) is 12.8 Å². The van der Waals surface area contributed by atoms with Gasteiger partial charge in [-0.2, -0.15) is 0 Å². The van der Waals surface area contributed by atoms with Gasteiger partial charge in [-0.25, -0.2) is 0 Å². The Morgan fingerprint density at radius 2 is 1.69 bits per heavy atom. The van der Waals surface area contributed by atoms with Crippen molar-refractivity contribution in [3.05, 3.63) is 89.5 Å². The van der Waals surface area contributed by atoms with Crippen molar-refractivity contribution in [3.63, 3.8) is 0 Å². The van der Waals surface area contributed by atoms with Crippen LogP contribution in [0.4, 0.5) is 0 Å². The second-order valence-electron chi connectivity index (χ2n) is 6.76. The van der Waals surface area contributed by atoms with Crippen LogP contribution in [0.5, 0.6) is 11.5 Å². The molecule has 0 fully saturated rings. The van der Waals surface area contributed by atoms with Gasteiger partial charge in [0.1, 0.15) is 0 Å². The fourth-order valence-electron chi connectivity index (χ4n) is 3.27. The van der Waals surface area contributed by atoms with Gasteiger partial charge < -0.3 is 14.8 Å². The quantitative estimate of drug-likeness (QED) is 0.551. The Morgan fingerprint density at radius 3 is 2.59 bits per heavy atom. The highest BCUT2D eigenvalue weighted by Crippen LogP contribution is 2.32. The molecule has 4 nitrogen and oxygen atoms in total. The minimum atomic E-state index is -0.0222. The number of nitrogens with one attached hydrogen (secondary N) is 1. The minimum Gasteiger partial charge on any atom is -0.454 e. The molecule has 3 aromatic rings. The van der Waals surface area contributed by atoms with Crippen LogP contribution in [0, 0.1) is 0 Å². The highest BCUT2D eigenvalue weighted by atomic mass is 32.2. The number of hydrogen-bond donors (Lipinski definition) is 1. The maximum Gasteiger partial charge on any atom is 0.251 e. The smallest absolute Gasteiger partial charge is 0.251 e. The van der Waals surface area contributed by atoms with Crippen LogP contribution in [-0.4, -0.2) is 25.0 Å². The maximum absolute atomic E-state index is 12.7. The van der Waals surface area contributed by atoms with E-state index >= 15 is 0 Å². The molecule has 0 radical (unpaired) electrons. The van der Waals surface area contributed by atoms with Gasteiger partial charge in [-0.15, -0.1) is 11.8 Å². The maximum atomic E-state index is 12.7. The Hall–Kier alpha value is -2.92. The number of benzene rings is 3. The molecule has 0 saturated heterocycles. The van der Waals surface area contributed by atoms with Gasteiger partial charge in [0.25, 0.3) is 5.91 Å². The average Bonchev–Trinajstić information content (AvgIpc) is 3.23. The zero-order valence-corrected chi connectivity index (χ0v) is 16.9. The summed E-state index contributed by atoms with van der Waals surface area (Å²) in [5, 5.41) is 3.05. The lowest BCUT2D eigenvalue weighted by Gasteiger charge is -2.10. The van der Waals surface area contributed by atoms with Crippen molar-refractivity contribution >= 4 is 17.7 Å². The second-order valence-corrected chi connectivity index (χ2v) is 7.93. The van der Waals surface area contributed by atoms with Crippen molar-refractivity contribution in [1.82, 2.24) is 5.32 Å². The van der Waals surface area contributed by atoms with E-state index in [1.165, 1.54) is 4.90 Å². The molecule has 0 aromatic heterocycles. The first-order chi connectivity index (χ1) is 14.3. The van der Waals surface area contributed by atoms with Crippen molar-refractivity contribution in [1.29, 1.82) is 0 Å². The Morgan fingerprint density at radius 1 is 0.897 bits per heavy atom. The molecular formula is C24H23NO3S. The predicted molar refractivity (Wildman–Crippen MR) is 116 cm³/mol. The minimum absolute atomic E-state index is 0.0222. The lowest BCUT2D eigenvalue weighted by atomic mass is 10.0. The van der Waals surface area contributed by atoms with Crippen LogP contribution in [0.15, 0.2) is 77.7 Å². The summed E-state index contributed by atoms with van der Waals surface area (Å²) in [6.45, 7) is 0.848. The number of aryl methyl sites for hydroxylation is 1. The van der Waals surface area contributed by atoms with Gasteiger partial charge in [-0.3, -0.25) is 4.79 Å². The number of rotatable bonds is 8. The third-order valence-electron chi connectivity index (χ3n) is 4.78. The molecule has 4 rings (SSSR count). The second kappa shape index (κ2) is 9.52. The van der Waals surface area contributed by atoms with E-state index in [9.17, 15) is 4.79 Å². The fraction of sp³-hybridized carbons (Fsp3) is 0.208. The standard InChI is InChI=1S/C24H23NO3S/c26-24(25-14-12-18-10-11-22-23(16-18)28-17-27-22)21-9-5-4-6-19(21)13-15-29-20-7-2-1-3-8-20/h1-11,16H,12-15,17H2,(H,25,26). The molecule has 0 unspecified atom stereocenters. The molecule has 0 saturated carbocycles. The van der Waals surface area contributed by atoms with Crippen molar-refractivity contribution in [2.45, 2.75) is 17.7 Å². The summed E-state index contributed by atoms with van der Waals surface area (Å²) in [6.07, 6.45) is 1.60. The largest absolute Gasteiger partial charge is 0.454 e. The van der Waals surface area contributed by atoms with E-state index in [0.717, 1.165) is 46.8 Å². The molecule has 1 aliphatic rings. The molecule has 0 aliphatic carbocycles. The molecule has 5 heteroatoms. The van der Waals surface area contributed by atoms with Crippen LogP contribution < -0.4 is 14.8 Å². The van der Waals surface area contributed by atoms with E-state index in [1.54, 1.807) is 11.8 Å². The number of carbonyl (C=O) groups excluding carboxylic acids is 1. The Labute approximate surface area is 175 Å². The zero-order chi connectivity index (χ0) is 19.9. The fourth-order valence-corrected chi connectivity index (χ4v) is 4.17. The van der Waals surface area contributed by atoms with E-state index in [-0.39, 0.29) is 12.7 Å². The molecule has 1 N–H and O–H groups in total. The van der Waals surface area contributed by atoms with Gasteiger partial charge >= 0.3 is 0 Å². The third-order valence-corrected chi connectivity index (χ3v) is 5.80. The third kappa shape index (κ3) is 5.12. The molecule has 0 bridgehead atoms. The van der Waals surface area contributed by atoms with Crippen LogP contribution >= 0.6 is 11.8 Å². The van der Waals surface area contributed by atoms with Crippen LogP contribution in [0.25, 0.3) is 0 Å². The number of carbonyl (C=O) groups is 1. The summed E-state index contributed by atoms with van der Waals surface area (Å²) in [4.78, 5) is 14.0. The van der Waals surface area contributed by atoms with E-state index in [2.05, 4.69) is 17.4 Å². The number of amides is 1. The molecule has 0 atom stereocenters. The van der Waals surface area contributed by atoms with E-state index in [1.807, 2.05) is 60.7 Å². The summed E-state index contributed by atoms with van der Waals surface area (Å²) >= 11 is 1.81. The van der Waals surface area contributed by atoms with Gasteiger partial charge in [0.2, 0.25) is 6.79 Å². The summed E-state index contributed by atoms with van der Waals surface area (Å²) in [7, 11) is 0. The molecule has 29 heavy (non-hydrogen) atoms. The average molecular weight is 406 g/mol. The molecule has 148 valence electrons. The van der Waals surface area contributed by atoms with Crippen molar-refractivity contribution in [2.24, 2.45) is 0 Å². The van der Waals surface area contributed by atoms with Gasteiger partial charge in [-0.1, -0.05) is 42.5 Å². The topological polar surface area (TPSA) is 47.6 Å². The summed E-state index contributed by atoms with van der Waals surface area (Å²) in [5.74, 6) is 2.46. The van der Waals surface area contributed by atoms with Crippen LogP contribution in [0.2, 0.25) is 0 Å². The van der Waals surface area contributed by atoms with Gasteiger partial charge in [-0.05, 0) is 54.3 Å². The van der Waals surface area contributed by atoms with Gasteiger partial charge in [0.05, 0.1) is 0 Å². The Bertz CT molecular complexity index is 975. The lowest BCUT2D eigenvalue weighted by molar-refractivity contribution is 0.0953. The zero-order valence-electron chi connectivity index (χ0n) is 16.1. The number of thioether (sulfide) groups is 1. The molecule has 1 amide bonds. The van der Waals surface area contributed by atoms with E-state index in [4.69, 9.17) is 9.47 Å². The van der Waals surface area contributed by atoms with E-state index in [0.29, 0.717) is 6.54 Å². The monoisotopic (exact) mass is 405 g/mol. The van der Waals surface area contributed by atoms with Gasteiger partial charge in [0, 0.05) is 22.8 Å². The summed E-state index contributed by atoms with van der Waals surface area (Å²) in [6, 6.07) is 24.1. The highest BCUT2D eigenvalue weighted by molar-refractivity contribution is 7.99. The Kier molecular flexibility index (Phi) is 6.37. The van der Waals surface area contributed by atoms with E-state index < -0.39 is 0 Å². The molecular weight excluding hydrogens is 382 g/mol. The molecule has 0 spiro atoms. The molecule has 3 aromatic carbocycles. The first-order valence-corrected chi connectivity index (χ1v) is 10.7. The first kappa shape index (κ1) is 19.4. The van der Waals surface area contributed by atoms with Crippen molar-refractivity contribution in [3.8, 4) is 11.5 Å². The van der Waals surface area contributed by atoms with Crippen LogP contribution in [0.1, 0.15) is 21.5 Å². The molecule has 1 heterocycles. The molecule has 1 aliphatic heterocycles. The number of hydrogen-bond acceptors (Lipinski definition) is 4. The first-order valence-electron chi connectivity index (χ1n) is 9.72. The lowest BCUT2D eigenvalue weighted by Crippen LogP contribution is -2.26. The highest BCUT2D eigenvalue weighted by Gasteiger charge is 2.14. The predicted octanol–water partition coefficient (Wildman–Crippen LogP) is 4.72. The van der Waals surface area contributed by atoms with Crippen LogP contribution in [0.3, 0.4) is 0 Å². The van der Waals surface area contributed by atoms with Crippen molar-refractivity contribution < 1.29 is 14.3 Å². The number of fused-ring (bicyclic) bond motifs is 1. The SMILES string of the molecule is O=C(NCCc1ccc2c(c1)OCO2)c1ccccc1CCSc1ccccc1. The number of ether oxygens (including phenoxy) is 2. The van der Waals surface area contributed by atoms with Crippen molar-refractivity contribution in [2.75, 3.05) is 19.1 Å².